The van der Waals surface area contributed by atoms with Crippen LogP contribution in [0.5, 0.6) is 0 Å². The zero-order chi connectivity index (χ0) is 16.1. The Kier molecular flexibility index (Phi) is 5.08. The second kappa shape index (κ2) is 7.02. The molecule has 2 aromatic heterocycles. The van der Waals surface area contributed by atoms with Gasteiger partial charge >= 0.3 is 0 Å². The number of carbonyl (C=O) groups is 1. The summed E-state index contributed by atoms with van der Waals surface area (Å²) in [5.74, 6) is 0.397. The molecule has 0 unspecified atom stereocenters. The molecule has 2 heterocycles. The molecule has 0 fully saturated rings. The average Bonchev–Trinajstić information content (AvgIpc) is 2.84. The second-order valence-corrected chi connectivity index (χ2v) is 5.37. The molecule has 2 rings (SSSR count). The molecule has 118 valence electrons. The van der Waals surface area contributed by atoms with E-state index in [1.165, 1.54) is 0 Å². The first-order chi connectivity index (χ1) is 10.5. The molecule has 2 aromatic rings. The van der Waals surface area contributed by atoms with Gasteiger partial charge in [-0.25, -0.2) is 4.98 Å². The molecular formula is C15H21N5O2. The number of aromatic amines is 1. The lowest BCUT2D eigenvalue weighted by Gasteiger charge is -2.06. The summed E-state index contributed by atoms with van der Waals surface area (Å²) < 4.78 is 1.76. The van der Waals surface area contributed by atoms with Crippen LogP contribution in [0.1, 0.15) is 29.1 Å². The van der Waals surface area contributed by atoms with Crippen LogP contribution in [0.15, 0.2) is 17.2 Å². The number of rotatable bonds is 6. The molecule has 0 aliphatic rings. The summed E-state index contributed by atoms with van der Waals surface area (Å²) in [4.78, 5) is 30.5. The maximum atomic E-state index is 11.9. The number of aromatic nitrogens is 4. The van der Waals surface area contributed by atoms with Crippen molar-refractivity contribution in [1.29, 1.82) is 0 Å². The molecule has 0 saturated carbocycles. The van der Waals surface area contributed by atoms with Gasteiger partial charge in [0, 0.05) is 31.0 Å². The van der Waals surface area contributed by atoms with E-state index in [-0.39, 0.29) is 17.9 Å². The van der Waals surface area contributed by atoms with E-state index >= 15 is 0 Å². The molecule has 0 spiro atoms. The average molecular weight is 303 g/mol. The van der Waals surface area contributed by atoms with E-state index in [0.717, 1.165) is 18.4 Å². The van der Waals surface area contributed by atoms with Crippen molar-refractivity contribution >= 4 is 5.91 Å². The Hall–Kier alpha value is -2.44. The van der Waals surface area contributed by atoms with Crippen LogP contribution in [-0.2, 0) is 24.7 Å². The van der Waals surface area contributed by atoms with Gasteiger partial charge in [0.2, 0.25) is 5.91 Å². The predicted molar refractivity (Wildman–Crippen MR) is 82.6 cm³/mol. The largest absolute Gasteiger partial charge is 0.356 e. The van der Waals surface area contributed by atoms with Gasteiger partial charge in [-0.2, -0.15) is 5.10 Å². The normalized spacial score (nSPS) is 10.7. The third kappa shape index (κ3) is 4.28. The number of hydrogen-bond donors (Lipinski definition) is 2. The Morgan fingerprint density at radius 1 is 1.41 bits per heavy atom. The summed E-state index contributed by atoms with van der Waals surface area (Å²) in [6.07, 6.45) is 5.53. The van der Waals surface area contributed by atoms with Gasteiger partial charge < -0.3 is 10.3 Å². The van der Waals surface area contributed by atoms with Gasteiger partial charge in [0.05, 0.1) is 12.6 Å². The lowest BCUT2D eigenvalue weighted by molar-refractivity contribution is -0.120. The fraction of sp³-hybridized carbons (Fsp3) is 0.467. The quantitative estimate of drug-likeness (QED) is 0.756. The Labute approximate surface area is 128 Å². The highest BCUT2D eigenvalue weighted by Gasteiger charge is 2.11. The molecule has 0 aliphatic carbocycles. The van der Waals surface area contributed by atoms with Crippen molar-refractivity contribution in [3.63, 3.8) is 0 Å². The van der Waals surface area contributed by atoms with E-state index in [1.807, 2.05) is 19.4 Å². The number of carbonyl (C=O) groups excluding carboxylic acids is 1. The zero-order valence-corrected chi connectivity index (χ0v) is 13.1. The van der Waals surface area contributed by atoms with Gasteiger partial charge in [0.15, 0.2) is 0 Å². The van der Waals surface area contributed by atoms with E-state index in [0.29, 0.717) is 23.6 Å². The first kappa shape index (κ1) is 15.9. The van der Waals surface area contributed by atoms with Crippen LogP contribution in [0.4, 0.5) is 0 Å². The summed E-state index contributed by atoms with van der Waals surface area (Å²) in [5.41, 5.74) is 1.93. The van der Waals surface area contributed by atoms with E-state index in [1.54, 1.807) is 18.5 Å². The summed E-state index contributed by atoms with van der Waals surface area (Å²) in [5, 5.41) is 6.93. The standard InChI is InChI=1S/C15H21N5O2/c1-10-13(15(22)19-11(2)18-10)7-14(21)16-6-4-5-12-8-17-20(3)9-12/h8-9H,4-7H2,1-3H3,(H,16,21)(H,18,19,22). The SMILES string of the molecule is Cc1nc(C)c(CC(=O)NCCCc2cnn(C)c2)c(=O)[nH]1. The monoisotopic (exact) mass is 303 g/mol. The third-order valence-electron chi connectivity index (χ3n) is 3.40. The van der Waals surface area contributed by atoms with E-state index in [2.05, 4.69) is 20.4 Å². The van der Waals surface area contributed by atoms with Crippen LogP contribution in [0, 0.1) is 13.8 Å². The number of amides is 1. The van der Waals surface area contributed by atoms with E-state index in [9.17, 15) is 9.59 Å². The maximum absolute atomic E-state index is 11.9. The van der Waals surface area contributed by atoms with Crippen molar-refractivity contribution in [1.82, 2.24) is 25.1 Å². The third-order valence-corrected chi connectivity index (χ3v) is 3.40. The van der Waals surface area contributed by atoms with Crippen LogP contribution in [0.3, 0.4) is 0 Å². The van der Waals surface area contributed by atoms with Gasteiger partial charge in [-0.15, -0.1) is 0 Å². The van der Waals surface area contributed by atoms with Gasteiger partial charge in [-0.1, -0.05) is 0 Å². The Morgan fingerprint density at radius 2 is 2.18 bits per heavy atom. The van der Waals surface area contributed by atoms with Gasteiger partial charge in [-0.05, 0) is 32.3 Å². The Bertz CT molecular complexity index is 717. The minimum absolute atomic E-state index is 0.0569. The highest BCUT2D eigenvalue weighted by Crippen LogP contribution is 2.01. The van der Waals surface area contributed by atoms with Crippen LogP contribution >= 0.6 is 0 Å². The van der Waals surface area contributed by atoms with Crippen molar-refractivity contribution in [2.24, 2.45) is 7.05 Å². The molecule has 0 saturated heterocycles. The maximum Gasteiger partial charge on any atom is 0.254 e. The highest BCUT2D eigenvalue weighted by molar-refractivity contribution is 5.78. The molecule has 0 atom stereocenters. The smallest absolute Gasteiger partial charge is 0.254 e. The number of H-pyrrole nitrogens is 1. The predicted octanol–water partition coefficient (Wildman–Crippen LogP) is 0.412. The van der Waals surface area contributed by atoms with Gasteiger partial charge in [0.1, 0.15) is 5.82 Å². The molecule has 1 amide bonds. The zero-order valence-electron chi connectivity index (χ0n) is 13.1. The molecule has 2 N–H and O–H groups in total. The molecule has 22 heavy (non-hydrogen) atoms. The fourth-order valence-electron chi connectivity index (χ4n) is 2.30. The van der Waals surface area contributed by atoms with Crippen molar-refractivity contribution < 1.29 is 4.79 Å². The van der Waals surface area contributed by atoms with Crippen molar-refractivity contribution in [2.75, 3.05) is 6.54 Å². The van der Waals surface area contributed by atoms with Crippen molar-refractivity contribution in [3.05, 3.63) is 45.4 Å². The van der Waals surface area contributed by atoms with Crippen molar-refractivity contribution in [2.45, 2.75) is 33.1 Å². The summed E-state index contributed by atoms with van der Waals surface area (Å²) in [6.45, 7) is 4.04. The Balaban J connectivity index is 1.80. The molecule has 0 radical (unpaired) electrons. The number of nitrogens with one attached hydrogen (secondary N) is 2. The van der Waals surface area contributed by atoms with E-state index < -0.39 is 0 Å². The molecular weight excluding hydrogens is 282 g/mol. The number of aryl methyl sites for hydroxylation is 4. The van der Waals surface area contributed by atoms with Crippen molar-refractivity contribution in [3.8, 4) is 0 Å². The number of hydrogen-bond acceptors (Lipinski definition) is 4. The van der Waals surface area contributed by atoms with E-state index in [4.69, 9.17) is 0 Å². The summed E-state index contributed by atoms with van der Waals surface area (Å²) >= 11 is 0. The van der Waals surface area contributed by atoms with Gasteiger partial charge in [0.25, 0.3) is 5.56 Å². The van der Waals surface area contributed by atoms with Crippen LogP contribution in [0.2, 0.25) is 0 Å². The minimum Gasteiger partial charge on any atom is -0.356 e. The van der Waals surface area contributed by atoms with Crippen LogP contribution < -0.4 is 10.9 Å². The fourth-order valence-corrected chi connectivity index (χ4v) is 2.30. The minimum atomic E-state index is -0.240. The summed E-state index contributed by atoms with van der Waals surface area (Å²) in [7, 11) is 1.88. The topological polar surface area (TPSA) is 92.7 Å². The number of nitrogens with zero attached hydrogens (tertiary/aromatic N) is 3. The first-order valence-corrected chi connectivity index (χ1v) is 7.26. The molecule has 0 aromatic carbocycles. The van der Waals surface area contributed by atoms with Gasteiger partial charge in [-0.3, -0.25) is 14.3 Å². The molecule has 0 aliphatic heterocycles. The molecule has 0 bridgehead atoms. The second-order valence-electron chi connectivity index (χ2n) is 5.37. The first-order valence-electron chi connectivity index (χ1n) is 7.26. The van der Waals surface area contributed by atoms with Crippen LogP contribution in [-0.4, -0.2) is 32.2 Å². The van der Waals surface area contributed by atoms with Crippen LogP contribution in [0.25, 0.3) is 0 Å². The Morgan fingerprint density at radius 3 is 2.82 bits per heavy atom. The lowest BCUT2D eigenvalue weighted by atomic mass is 10.1. The summed E-state index contributed by atoms with van der Waals surface area (Å²) in [6, 6.07) is 0. The highest BCUT2D eigenvalue weighted by atomic mass is 16.2. The molecule has 7 heteroatoms. The molecule has 7 nitrogen and oxygen atoms in total. The lowest BCUT2D eigenvalue weighted by Crippen LogP contribution is -2.30.